The normalized spacial score (nSPS) is 23.6. The van der Waals surface area contributed by atoms with Crippen molar-refractivity contribution in [3.8, 4) is 0 Å². The maximum atomic E-state index is 12.1. The molecule has 0 spiro atoms. The minimum Gasteiger partial charge on any atom is -0.349 e. The van der Waals surface area contributed by atoms with Crippen molar-refractivity contribution in [3.63, 3.8) is 0 Å². The molecule has 0 saturated carbocycles. The monoisotopic (exact) mass is 344 g/mol. The lowest BCUT2D eigenvalue weighted by atomic mass is 10.0. The van der Waals surface area contributed by atoms with Crippen LogP contribution in [0.15, 0.2) is 24.3 Å². The molecule has 1 aliphatic rings. The van der Waals surface area contributed by atoms with Crippen LogP contribution in [0.5, 0.6) is 0 Å². The molecule has 0 aromatic heterocycles. The second kappa shape index (κ2) is 6.56. The molecule has 1 heterocycles. The Morgan fingerprint density at radius 3 is 2.68 bits per heavy atom. The van der Waals surface area contributed by atoms with Crippen LogP contribution < -0.4 is 5.32 Å². The first-order valence-electron chi connectivity index (χ1n) is 7.13. The molecule has 1 unspecified atom stereocenters. The van der Waals surface area contributed by atoms with Gasteiger partial charge >= 0.3 is 0 Å². The van der Waals surface area contributed by atoms with Crippen molar-refractivity contribution in [1.29, 1.82) is 0 Å². The predicted molar refractivity (Wildman–Crippen MR) is 87.6 cm³/mol. The number of sulfone groups is 1. The SMILES string of the molecule is CN(CC(=O)NC1(C)CCS(=O)(=O)C1)Cc1ccccc1Cl. The summed E-state index contributed by atoms with van der Waals surface area (Å²) in [4.78, 5) is 14.0. The van der Waals surface area contributed by atoms with Gasteiger partial charge in [-0.05, 0) is 32.0 Å². The standard InChI is InChI=1S/C15H21ClN2O3S/c1-15(7-8-22(20,21)11-15)17-14(19)10-18(2)9-12-5-3-4-6-13(12)16/h3-6H,7-11H2,1-2H3,(H,17,19). The molecule has 1 amide bonds. The molecule has 0 radical (unpaired) electrons. The van der Waals surface area contributed by atoms with Gasteiger partial charge < -0.3 is 5.32 Å². The number of carbonyl (C=O) groups is 1. The molecule has 2 rings (SSSR count). The maximum absolute atomic E-state index is 12.1. The zero-order valence-electron chi connectivity index (χ0n) is 12.8. The van der Waals surface area contributed by atoms with Gasteiger partial charge in [-0.15, -0.1) is 0 Å². The Hall–Kier alpha value is -1.11. The second-order valence-corrected chi connectivity index (χ2v) is 8.81. The molecular weight excluding hydrogens is 324 g/mol. The molecule has 1 aliphatic heterocycles. The van der Waals surface area contributed by atoms with E-state index >= 15 is 0 Å². The Bertz CT molecular complexity index is 663. The molecular formula is C15H21ClN2O3S. The Labute approximate surface area is 136 Å². The number of amides is 1. The average molecular weight is 345 g/mol. The number of carbonyl (C=O) groups excluding carboxylic acids is 1. The molecule has 1 saturated heterocycles. The third-order valence-electron chi connectivity index (χ3n) is 3.76. The van der Waals surface area contributed by atoms with Crippen molar-refractivity contribution < 1.29 is 13.2 Å². The lowest BCUT2D eigenvalue weighted by Gasteiger charge is -2.25. The highest BCUT2D eigenvalue weighted by atomic mass is 35.5. The number of nitrogens with one attached hydrogen (secondary N) is 1. The summed E-state index contributed by atoms with van der Waals surface area (Å²) in [5.74, 6) is -0.0201. The predicted octanol–water partition coefficient (Wildman–Crippen LogP) is 1.47. The maximum Gasteiger partial charge on any atom is 0.234 e. The van der Waals surface area contributed by atoms with E-state index in [2.05, 4.69) is 5.32 Å². The van der Waals surface area contributed by atoms with E-state index in [1.165, 1.54) is 0 Å². The summed E-state index contributed by atoms with van der Waals surface area (Å²) in [7, 11) is -1.20. The second-order valence-electron chi connectivity index (χ2n) is 6.21. The van der Waals surface area contributed by atoms with Crippen molar-refractivity contribution in [2.45, 2.75) is 25.4 Å². The molecule has 5 nitrogen and oxygen atoms in total. The fraction of sp³-hybridized carbons (Fsp3) is 0.533. The summed E-state index contributed by atoms with van der Waals surface area (Å²) in [6.45, 7) is 2.53. The first-order chi connectivity index (χ1) is 10.2. The molecule has 1 N–H and O–H groups in total. The Kier molecular flexibility index (Phi) is 5.14. The summed E-state index contributed by atoms with van der Waals surface area (Å²) in [6, 6.07) is 7.50. The van der Waals surface area contributed by atoms with Gasteiger partial charge in [0.25, 0.3) is 0 Å². The van der Waals surface area contributed by atoms with Crippen LogP contribution in [0.1, 0.15) is 18.9 Å². The van der Waals surface area contributed by atoms with Gasteiger partial charge in [0, 0.05) is 11.6 Å². The van der Waals surface area contributed by atoms with Crippen LogP contribution in [0.4, 0.5) is 0 Å². The number of halogens is 1. The minimum absolute atomic E-state index is 0.0139. The average Bonchev–Trinajstić information content (AvgIpc) is 2.65. The van der Waals surface area contributed by atoms with Gasteiger partial charge in [0.1, 0.15) is 0 Å². The summed E-state index contributed by atoms with van der Waals surface area (Å²) >= 11 is 6.10. The van der Waals surface area contributed by atoms with Gasteiger partial charge in [-0.3, -0.25) is 9.69 Å². The number of benzene rings is 1. The number of nitrogens with zero attached hydrogens (tertiary/aromatic N) is 1. The van der Waals surface area contributed by atoms with Crippen LogP contribution >= 0.6 is 11.6 Å². The van der Waals surface area contributed by atoms with Crippen LogP contribution in [0, 0.1) is 0 Å². The quantitative estimate of drug-likeness (QED) is 0.878. The number of hydrogen-bond donors (Lipinski definition) is 1. The number of hydrogen-bond acceptors (Lipinski definition) is 4. The van der Waals surface area contributed by atoms with Gasteiger partial charge in [-0.1, -0.05) is 29.8 Å². The van der Waals surface area contributed by atoms with Crippen LogP contribution in [-0.4, -0.2) is 49.9 Å². The molecule has 122 valence electrons. The molecule has 22 heavy (non-hydrogen) atoms. The fourth-order valence-electron chi connectivity index (χ4n) is 2.70. The summed E-state index contributed by atoms with van der Waals surface area (Å²) in [5, 5.41) is 3.52. The van der Waals surface area contributed by atoms with Crippen molar-refractivity contribution >= 4 is 27.3 Å². The van der Waals surface area contributed by atoms with Crippen LogP contribution in [0.3, 0.4) is 0 Å². The van der Waals surface area contributed by atoms with Gasteiger partial charge in [-0.2, -0.15) is 0 Å². The highest BCUT2D eigenvalue weighted by Gasteiger charge is 2.39. The number of likely N-dealkylation sites (N-methyl/N-ethyl adjacent to an activating group) is 1. The third-order valence-corrected chi connectivity index (χ3v) is 6.03. The van der Waals surface area contributed by atoms with E-state index in [9.17, 15) is 13.2 Å². The zero-order valence-corrected chi connectivity index (χ0v) is 14.4. The largest absolute Gasteiger partial charge is 0.349 e. The van der Waals surface area contributed by atoms with Crippen molar-refractivity contribution in [2.75, 3.05) is 25.1 Å². The summed E-state index contributed by atoms with van der Waals surface area (Å²) in [5.41, 5.74) is 0.301. The van der Waals surface area contributed by atoms with Crippen LogP contribution in [-0.2, 0) is 21.2 Å². The number of rotatable bonds is 5. The molecule has 1 aromatic carbocycles. The summed E-state index contributed by atoms with van der Waals surface area (Å²) < 4.78 is 23.1. The third kappa shape index (κ3) is 4.69. The highest BCUT2D eigenvalue weighted by molar-refractivity contribution is 7.91. The van der Waals surface area contributed by atoms with Gasteiger partial charge in [0.05, 0.1) is 23.6 Å². The lowest BCUT2D eigenvalue weighted by Crippen LogP contribution is -2.49. The van der Waals surface area contributed by atoms with E-state index in [1.807, 2.05) is 36.2 Å². The molecule has 0 aliphatic carbocycles. The summed E-state index contributed by atoms with van der Waals surface area (Å²) in [6.07, 6.45) is 0.468. The van der Waals surface area contributed by atoms with Crippen LogP contribution in [0.25, 0.3) is 0 Å². The molecule has 1 fully saturated rings. The molecule has 1 aromatic rings. The van der Waals surface area contributed by atoms with Crippen molar-refractivity contribution in [2.24, 2.45) is 0 Å². The Morgan fingerprint density at radius 2 is 2.09 bits per heavy atom. The molecule has 1 atom stereocenters. The highest BCUT2D eigenvalue weighted by Crippen LogP contribution is 2.22. The van der Waals surface area contributed by atoms with E-state index in [0.29, 0.717) is 18.0 Å². The van der Waals surface area contributed by atoms with Gasteiger partial charge in [0.15, 0.2) is 9.84 Å². The first kappa shape index (κ1) is 17.2. The molecule has 0 bridgehead atoms. The topological polar surface area (TPSA) is 66.5 Å². The molecule has 7 heteroatoms. The van der Waals surface area contributed by atoms with Crippen LogP contribution in [0.2, 0.25) is 5.02 Å². The van der Waals surface area contributed by atoms with E-state index in [1.54, 1.807) is 6.92 Å². The van der Waals surface area contributed by atoms with Gasteiger partial charge in [-0.25, -0.2) is 8.42 Å². The van der Waals surface area contributed by atoms with E-state index in [-0.39, 0.29) is 24.0 Å². The Morgan fingerprint density at radius 1 is 1.41 bits per heavy atom. The van der Waals surface area contributed by atoms with Crippen molar-refractivity contribution in [1.82, 2.24) is 10.2 Å². The smallest absolute Gasteiger partial charge is 0.234 e. The minimum atomic E-state index is -3.03. The Balaban J connectivity index is 1.88. The van der Waals surface area contributed by atoms with Gasteiger partial charge in [0.2, 0.25) is 5.91 Å². The zero-order chi connectivity index (χ0) is 16.4. The first-order valence-corrected chi connectivity index (χ1v) is 9.32. The van der Waals surface area contributed by atoms with Crippen molar-refractivity contribution in [3.05, 3.63) is 34.9 Å². The lowest BCUT2D eigenvalue weighted by molar-refractivity contribution is -0.123. The van der Waals surface area contributed by atoms with E-state index < -0.39 is 15.4 Å². The fourth-order valence-corrected chi connectivity index (χ4v) is 4.99. The van der Waals surface area contributed by atoms with E-state index in [4.69, 9.17) is 11.6 Å². The van der Waals surface area contributed by atoms with E-state index in [0.717, 1.165) is 5.56 Å².